The number of nitrogens with zero attached hydrogens (tertiary/aromatic N) is 1. The van der Waals surface area contributed by atoms with E-state index in [-0.39, 0.29) is 29.8 Å². The molecular formula is C22H30ClFN4O5. The number of likely N-dealkylation sites (tertiary alicyclic amines) is 1. The minimum atomic E-state index is -0.713. The lowest BCUT2D eigenvalue weighted by atomic mass is 9.98. The van der Waals surface area contributed by atoms with Gasteiger partial charge < -0.3 is 30.3 Å². The topological polar surface area (TPSA) is 109 Å². The molecule has 11 heteroatoms. The quantitative estimate of drug-likeness (QED) is 0.513. The summed E-state index contributed by atoms with van der Waals surface area (Å²) in [6, 6.07) is 2.90. The lowest BCUT2D eigenvalue weighted by Gasteiger charge is -2.39. The number of halogens is 2. The number of hydrogen-bond acceptors (Lipinski definition) is 6. The highest BCUT2D eigenvalue weighted by Gasteiger charge is 2.34. The van der Waals surface area contributed by atoms with E-state index in [1.807, 2.05) is 0 Å². The number of amides is 3. The van der Waals surface area contributed by atoms with Crippen LogP contribution in [0.15, 0.2) is 30.5 Å². The van der Waals surface area contributed by atoms with Crippen LogP contribution in [0.5, 0.6) is 0 Å². The van der Waals surface area contributed by atoms with E-state index in [1.54, 1.807) is 25.7 Å². The Morgan fingerprint density at radius 1 is 1.24 bits per heavy atom. The third-order valence-electron chi connectivity index (χ3n) is 4.74. The highest BCUT2D eigenvalue weighted by atomic mass is 35.5. The van der Waals surface area contributed by atoms with Crippen LogP contribution < -0.4 is 16.0 Å². The summed E-state index contributed by atoms with van der Waals surface area (Å²) in [5, 5.41) is 8.24. The highest BCUT2D eigenvalue weighted by molar-refractivity contribution is 6.30. The van der Waals surface area contributed by atoms with Crippen LogP contribution in [0.1, 0.15) is 27.2 Å². The fourth-order valence-electron chi connectivity index (χ4n) is 3.23. The van der Waals surface area contributed by atoms with Crippen molar-refractivity contribution < 1.29 is 28.2 Å². The molecule has 0 spiro atoms. The van der Waals surface area contributed by atoms with E-state index in [1.165, 1.54) is 19.2 Å². The Morgan fingerprint density at radius 2 is 1.94 bits per heavy atom. The van der Waals surface area contributed by atoms with Gasteiger partial charge in [-0.25, -0.2) is 9.18 Å². The van der Waals surface area contributed by atoms with Gasteiger partial charge >= 0.3 is 6.09 Å². The zero-order valence-corrected chi connectivity index (χ0v) is 19.9. The number of alkyl carbamates (subject to hydrolysis) is 1. The Kier molecular flexibility index (Phi) is 9.07. The largest absolute Gasteiger partial charge is 0.444 e. The second-order valence-corrected chi connectivity index (χ2v) is 9.03. The first-order valence-electron chi connectivity index (χ1n) is 10.4. The van der Waals surface area contributed by atoms with Gasteiger partial charge in [0.2, 0.25) is 5.91 Å². The molecule has 3 N–H and O–H groups in total. The lowest BCUT2D eigenvalue weighted by Crippen LogP contribution is -2.62. The fraction of sp³-hybridized carbons (Fsp3) is 0.500. The first kappa shape index (κ1) is 26.4. The zero-order valence-electron chi connectivity index (χ0n) is 19.2. The van der Waals surface area contributed by atoms with Crippen molar-refractivity contribution in [3.63, 3.8) is 0 Å². The average Bonchev–Trinajstić information content (AvgIpc) is 2.70. The molecule has 2 atom stereocenters. The predicted octanol–water partition coefficient (Wildman–Crippen LogP) is 2.66. The maximum absolute atomic E-state index is 13.7. The molecular weight excluding hydrogens is 455 g/mol. The Hall–Kier alpha value is -2.85. The second-order valence-electron chi connectivity index (χ2n) is 8.63. The summed E-state index contributed by atoms with van der Waals surface area (Å²) in [5.74, 6) is -1.40. The standard InChI is InChI=1S/C22H30ClFN4O5/c1-13(25-14-6-7-15(23)16(24)10-14)20(30)26-17-8-9-28(19(29)12-32-5)11-18(17)27-21(31)33-22(2,3)4/h6-7,10,17-18,25H,1,8-9,11-12H2,2-5H3,(H,26,30)(H,27,31)/t17-,18+/m0/s1. The number of benzene rings is 1. The van der Waals surface area contributed by atoms with Gasteiger partial charge in [-0.2, -0.15) is 0 Å². The minimum Gasteiger partial charge on any atom is -0.444 e. The predicted molar refractivity (Wildman–Crippen MR) is 122 cm³/mol. The number of carbonyl (C=O) groups excluding carboxylic acids is 3. The van der Waals surface area contributed by atoms with Crippen molar-refractivity contribution in [2.75, 3.05) is 32.1 Å². The molecule has 0 bridgehead atoms. The van der Waals surface area contributed by atoms with E-state index >= 15 is 0 Å². The number of rotatable bonds is 7. The number of piperidine rings is 1. The van der Waals surface area contributed by atoms with Gasteiger partial charge in [0.15, 0.2) is 0 Å². The maximum atomic E-state index is 13.7. The van der Waals surface area contributed by atoms with Gasteiger partial charge in [0.05, 0.1) is 22.8 Å². The monoisotopic (exact) mass is 484 g/mol. The maximum Gasteiger partial charge on any atom is 0.408 e. The molecule has 1 saturated heterocycles. The summed E-state index contributed by atoms with van der Waals surface area (Å²) in [6.45, 7) is 9.33. The Balaban J connectivity index is 2.07. The van der Waals surface area contributed by atoms with Crippen molar-refractivity contribution in [1.29, 1.82) is 0 Å². The van der Waals surface area contributed by atoms with Gasteiger partial charge in [-0.05, 0) is 45.4 Å². The van der Waals surface area contributed by atoms with Crippen molar-refractivity contribution in [2.24, 2.45) is 0 Å². The highest BCUT2D eigenvalue weighted by Crippen LogP contribution is 2.20. The molecule has 0 aliphatic carbocycles. The van der Waals surface area contributed by atoms with Gasteiger partial charge in [0, 0.05) is 25.9 Å². The van der Waals surface area contributed by atoms with E-state index in [9.17, 15) is 18.8 Å². The van der Waals surface area contributed by atoms with Crippen molar-refractivity contribution in [2.45, 2.75) is 44.9 Å². The number of ether oxygens (including phenoxy) is 2. The van der Waals surface area contributed by atoms with Crippen LogP contribution >= 0.6 is 11.6 Å². The van der Waals surface area contributed by atoms with Crippen molar-refractivity contribution >= 4 is 35.2 Å². The van der Waals surface area contributed by atoms with Crippen LogP contribution in [0, 0.1) is 5.82 Å². The van der Waals surface area contributed by atoms with E-state index in [0.717, 1.165) is 6.07 Å². The molecule has 1 heterocycles. The van der Waals surface area contributed by atoms with Gasteiger partial charge in [-0.15, -0.1) is 0 Å². The van der Waals surface area contributed by atoms with Gasteiger partial charge in [-0.1, -0.05) is 18.2 Å². The number of hydrogen-bond donors (Lipinski definition) is 3. The average molecular weight is 485 g/mol. The van der Waals surface area contributed by atoms with Gasteiger partial charge in [0.1, 0.15) is 18.0 Å². The molecule has 1 aliphatic rings. The Labute approximate surface area is 197 Å². The molecule has 182 valence electrons. The normalized spacial score (nSPS) is 18.3. The Bertz CT molecular complexity index is 905. The summed E-state index contributed by atoms with van der Waals surface area (Å²) < 4.78 is 23.9. The molecule has 0 radical (unpaired) electrons. The minimum absolute atomic E-state index is 0.0226. The van der Waals surface area contributed by atoms with Crippen LogP contribution in [0.3, 0.4) is 0 Å². The summed E-state index contributed by atoms with van der Waals surface area (Å²) in [4.78, 5) is 38.9. The molecule has 0 saturated carbocycles. The molecule has 0 aromatic heterocycles. The van der Waals surface area contributed by atoms with E-state index < -0.39 is 35.5 Å². The SMILES string of the molecule is C=C(Nc1ccc(Cl)c(F)c1)C(=O)N[C@H]1CCN(C(=O)COC)C[C@H]1NC(=O)OC(C)(C)C. The lowest BCUT2D eigenvalue weighted by molar-refractivity contribution is -0.136. The molecule has 1 aromatic carbocycles. The van der Waals surface area contributed by atoms with Gasteiger partial charge in [0.25, 0.3) is 5.91 Å². The van der Waals surface area contributed by atoms with E-state index in [2.05, 4.69) is 22.5 Å². The van der Waals surface area contributed by atoms with Crippen molar-refractivity contribution in [1.82, 2.24) is 15.5 Å². The first-order valence-corrected chi connectivity index (χ1v) is 10.8. The summed E-state index contributed by atoms with van der Waals surface area (Å²) >= 11 is 5.67. The second kappa shape index (κ2) is 11.3. The van der Waals surface area contributed by atoms with Crippen LogP contribution in [0.2, 0.25) is 5.02 Å². The molecule has 0 unspecified atom stereocenters. The number of methoxy groups -OCH3 is 1. The van der Waals surface area contributed by atoms with Gasteiger partial charge in [-0.3, -0.25) is 9.59 Å². The molecule has 1 aromatic rings. The van der Waals surface area contributed by atoms with Crippen molar-refractivity contribution in [3.8, 4) is 0 Å². The molecule has 9 nitrogen and oxygen atoms in total. The zero-order chi connectivity index (χ0) is 24.8. The van der Waals surface area contributed by atoms with E-state index in [4.69, 9.17) is 21.1 Å². The summed E-state index contributed by atoms with van der Waals surface area (Å²) in [6.07, 6.45) is -0.286. The van der Waals surface area contributed by atoms with Crippen LogP contribution in [0.25, 0.3) is 0 Å². The molecule has 1 aliphatic heterocycles. The number of carbonyl (C=O) groups is 3. The van der Waals surface area contributed by atoms with Crippen LogP contribution in [-0.4, -0.2) is 67.3 Å². The van der Waals surface area contributed by atoms with Crippen LogP contribution in [0.4, 0.5) is 14.9 Å². The molecule has 1 fully saturated rings. The summed E-state index contributed by atoms with van der Waals surface area (Å²) in [7, 11) is 1.42. The summed E-state index contributed by atoms with van der Waals surface area (Å²) in [5.41, 5.74) is -0.430. The van der Waals surface area contributed by atoms with E-state index in [0.29, 0.717) is 18.7 Å². The molecule has 33 heavy (non-hydrogen) atoms. The Morgan fingerprint density at radius 3 is 2.55 bits per heavy atom. The van der Waals surface area contributed by atoms with Crippen LogP contribution in [-0.2, 0) is 19.1 Å². The number of anilines is 1. The first-order chi connectivity index (χ1) is 15.4. The third-order valence-corrected chi connectivity index (χ3v) is 5.05. The third kappa shape index (κ3) is 8.21. The molecule has 2 rings (SSSR count). The molecule has 3 amide bonds. The number of nitrogens with one attached hydrogen (secondary N) is 3. The fourth-order valence-corrected chi connectivity index (χ4v) is 3.35. The smallest absolute Gasteiger partial charge is 0.408 e. The van der Waals surface area contributed by atoms with Crippen molar-refractivity contribution in [3.05, 3.63) is 41.3 Å².